The van der Waals surface area contributed by atoms with Crippen LogP contribution in [-0.2, 0) is 5.41 Å². The van der Waals surface area contributed by atoms with Gasteiger partial charge < -0.3 is 4.57 Å². The Morgan fingerprint density at radius 2 is 1.52 bits per heavy atom. The Morgan fingerprint density at radius 3 is 2.11 bits per heavy atom. The molecule has 0 fully saturated rings. The molecule has 0 N–H and O–H groups in total. The predicted molar refractivity (Wildman–Crippen MR) is 112 cm³/mol. The van der Waals surface area contributed by atoms with Crippen LogP contribution >= 0.6 is 0 Å². The van der Waals surface area contributed by atoms with Crippen LogP contribution < -0.4 is 0 Å². The summed E-state index contributed by atoms with van der Waals surface area (Å²) in [7, 11) is 0. The summed E-state index contributed by atoms with van der Waals surface area (Å²) in [6.07, 6.45) is 1.01. The van der Waals surface area contributed by atoms with E-state index in [1.54, 1.807) is 0 Å². The van der Waals surface area contributed by atoms with Crippen molar-refractivity contribution in [2.24, 2.45) is 0 Å². The van der Waals surface area contributed by atoms with Crippen molar-refractivity contribution in [2.75, 3.05) is 0 Å². The van der Waals surface area contributed by atoms with Gasteiger partial charge in [0, 0.05) is 11.6 Å². The lowest BCUT2D eigenvalue weighted by Gasteiger charge is -2.20. The molecule has 2 heterocycles. The number of para-hydroxylation sites is 2. The van der Waals surface area contributed by atoms with Gasteiger partial charge in [-0.15, -0.1) is 0 Å². The molecule has 4 heteroatoms. The standard InChI is InChI=1S/C23H26N4/c1-6-15(2)27-21(16-11-13-17(14-12-16)23(3,4)5)26-20-22(27)25-19-10-8-7-9-18(19)24-20/h7-15H,6H2,1-5H3/t15-/m1/s1. The van der Waals surface area contributed by atoms with Gasteiger partial charge in [0.1, 0.15) is 5.82 Å². The maximum Gasteiger partial charge on any atom is 0.198 e. The molecule has 0 amide bonds. The van der Waals surface area contributed by atoms with Gasteiger partial charge in [-0.3, -0.25) is 0 Å². The van der Waals surface area contributed by atoms with E-state index in [2.05, 4.69) is 63.5 Å². The first-order chi connectivity index (χ1) is 12.9. The number of imidazole rings is 1. The number of benzene rings is 2. The molecular formula is C23H26N4. The molecule has 1 atom stereocenters. The van der Waals surface area contributed by atoms with Gasteiger partial charge in [0.05, 0.1) is 11.0 Å². The largest absolute Gasteiger partial charge is 0.304 e. The minimum absolute atomic E-state index is 0.135. The Hall–Kier alpha value is -2.75. The number of hydrogen-bond acceptors (Lipinski definition) is 3. The van der Waals surface area contributed by atoms with Gasteiger partial charge in [-0.25, -0.2) is 15.0 Å². The fourth-order valence-electron chi connectivity index (χ4n) is 3.40. The average Bonchev–Trinajstić information content (AvgIpc) is 3.03. The number of fused-ring (bicyclic) bond motifs is 2. The van der Waals surface area contributed by atoms with Gasteiger partial charge in [-0.05, 0) is 36.5 Å². The Kier molecular flexibility index (Phi) is 4.22. The molecule has 0 spiro atoms. The van der Waals surface area contributed by atoms with Crippen molar-refractivity contribution >= 4 is 22.3 Å². The molecule has 4 rings (SSSR count). The van der Waals surface area contributed by atoms with Gasteiger partial charge in [0.25, 0.3) is 0 Å². The monoisotopic (exact) mass is 358 g/mol. The number of nitrogens with zero attached hydrogens (tertiary/aromatic N) is 4. The first kappa shape index (κ1) is 17.7. The van der Waals surface area contributed by atoms with Crippen molar-refractivity contribution in [1.82, 2.24) is 19.5 Å². The zero-order valence-electron chi connectivity index (χ0n) is 16.7. The molecule has 0 saturated carbocycles. The van der Waals surface area contributed by atoms with Crippen LogP contribution in [0.4, 0.5) is 0 Å². The maximum atomic E-state index is 4.89. The molecule has 0 radical (unpaired) electrons. The minimum Gasteiger partial charge on any atom is -0.304 e. The van der Waals surface area contributed by atoms with Crippen molar-refractivity contribution in [2.45, 2.75) is 52.5 Å². The Balaban J connectivity index is 1.94. The van der Waals surface area contributed by atoms with Crippen LogP contribution in [0, 0.1) is 0 Å². The Morgan fingerprint density at radius 1 is 0.889 bits per heavy atom. The fourth-order valence-corrected chi connectivity index (χ4v) is 3.40. The summed E-state index contributed by atoms with van der Waals surface area (Å²) in [4.78, 5) is 14.5. The van der Waals surface area contributed by atoms with Gasteiger partial charge >= 0.3 is 0 Å². The van der Waals surface area contributed by atoms with Crippen LogP contribution in [0.25, 0.3) is 33.7 Å². The van der Waals surface area contributed by atoms with E-state index in [1.807, 2.05) is 24.3 Å². The highest BCUT2D eigenvalue weighted by Crippen LogP contribution is 2.31. The number of hydrogen-bond donors (Lipinski definition) is 0. The second kappa shape index (κ2) is 6.45. The molecule has 0 aliphatic heterocycles. The van der Waals surface area contributed by atoms with Crippen molar-refractivity contribution in [3.8, 4) is 11.4 Å². The lowest BCUT2D eigenvalue weighted by atomic mass is 9.86. The summed E-state index contributed by atoms with van der Waals surface area (Å²) in [6.45, 7) is 11.1. The van der Waals surface area contributed by atoms with E-state index < -0.39 is 0 Å². The zero-order chi connectivity index (χ0) is 19.2. The van der Waals surface area contributed by atoms with Crippen LogP contribution in [-0.4, -0.2) is 19.5 Å². The molecule has 0 saturated heterocycles. The molecule has 4 nitrogen and oxygen atoms in total. The van der Waals surface area contributed by atoms with Gasteiger partial charge in [0.2, 0.25) is 0 Å². The highest BCUT2D eigenvalue weighted by Gasteiger charge is 2.20. The lowest BCUT2D eigenvalue weighted by molar-refractivity contribution is 0.547. The topological polar surface area (TPSA) is 43.6 Å². The van der Waals surface area contributed by atoms with Gasteiger partial charge in [-0.2, -0.15) is 0 Å². The second-order valence-corrected chi connectivity index (χ2v) is 8.25. The molecule has 138 valence electrons. The van der Waals surface area contributed by atoms with Crippen molar-refractivity contribution in [1.29, 1.82) is 0 Å². The average molecular weight is 358 g/mol. The minimum atomic E-state index is 0.135. The van der Waals surface area contributed by atoms with E-state index in [0.717, 1.165) is 34.5 Å². The third-order valence-corrected chi connectivity index (χ3v) is 5.24. The molecule has 2 aromatic carbocycles. The van der Waals surface area contributed by atoms with Gasteiger partial charge in [0.15, 0.2) is 11.3 Å². The highest BCUT2D eigenvalue weighted by molar-refractivity contribution is 5.85. The molecule has 2 aromatic heterocycles. The summed E-state index contributed by atoms with van der Waals surface area (Å²) < 4.78 is 2.24. The van der Waals surface area contributed by atoms with Crippen molar-refractivity contribution < 1.29 is 0 Å². The third-order valence-electron chi connectivity index (χ3n) is 5.24. The van der Waals surface area contributed by atoms with E-state index in [9.17, 15) is 0 Å². The summed E-state index contributed by atoms with van der Waals surface area (Å²) in [5, 5.41) is 0. The summed E-state index contributed by atoms with van der Waals surface area (Å²) in [5.74, 6) is 0.940. The summed E-state index contributed by atoms with van der Waals surface area (Å²) in [6, 6.07) is 17.0. The quantitative estimate of drug-likeness (QED) is 0.457. The van der Waals surface area contributed by atoms with Crippen LogP contribution in [0.5, 0.6) is 0 Å². The first-order valence-electron chi connectivity index (χ1n) is 9.64. The van der Waals surface area contributed by atoms with Crippen LogP contribution in [0.15, 0.2) is 48.5 Å². The second-order valence-electron chi connectivity index (χ2n) is 8.25. The van der Waals surface area contributed by atoms with Crippen LogP contribution in [0.2, 0.25) is 0 Å². The summed E-state index contributed by atoms with van der Waals surface area (Å²) in [5.41, 5.74) is 5.92. The molecule has 0 unspecified atom stereocenters. The first-order valence-corrected chi connectivity index (χ1v) is 9.64. The zero-order valence-corrected chi connectivity index (χ0v) is 16.7. The lowest BCUT2D eigenvalue weighted by Crippen LogP contribution is -2.11. The molecule has 4 aromatic rings. The molecule has 0 aliphatic rings. The number of aromatic nitrogens is 4. The summed E-state index contributed by atoms with van der Waals surface area (Å²) >= 11 is 0. The fraction of sp³-hybridized carbons (Fsp3) is 0.348. The Bertz CT molecular complexity index is 1100. The highest BCUT2D eigenvalue weighted by atomic mass is 15.2. The van der Waals surface area contributed by atoms with Crippen molar-refractivity contribution in [3.63, 3.8) is 0 Å². The number of rotatable bonds is 3. The molecule has 27 heavy (non-hydrogen) atoms. The molecular weight excluding hydrogens is 332 g/mol. The SMILES string of the molecule is CC[C@@H](C)n1c(-c2ccc(C(C)(C)C)cc2)nc2nc3ccccc3nc21. The third kappa shape index (κ3) is 3.09. The molecule has 0 bridgehead atoms. The van der Waals surface area contributed by atoms with E-state index >= 15 is 0 Å². The van der Waals surface area contributed by atoms with Crippen molar-refractivity contribution in [3.05, 3.63) is 54.1 Å². The smallest absolute Gasteiger partial charge is 0.198 e. The van der Waals surface area contributed by atoms with Crippen LogP contribution in [0.1, 0.15) is 52.6 Å². The normalized spacial score (nSPS) is 13.4. The van der Waals surface area contributed by atoms with E-state index in [1.165, 1.54) is 5.56 Å². The van der Waals surface area contributed by atoms with E-state index in [-0.39, 0.29) is 5.41 Å². The molecule has 0 aliphatic carbocycles. The van der Waals surface area contributed by atoms with E-state index in [4.69, 9.17) is 15.0 Å². The Labute approximate surface area is 160 Å². The van der Waals surface area contributed by atoms with Gasteiger partial charge in [-0.1, -0.05) is 64.1 Å². The maximum absolute atomic E-state index is 4.89. The van der Waals surface area contributed by atoms with Crippen LogP contribution in [0.3, 0.4) is 0 Å². The predicted octanol–water partition coefficient (Wildman–Crippen LogP) is 5.92. The van der Waals surface area contributed by atoms with E-state index in [0.29, 0.717) is 11.7 Å².